The highest BCUT2D eigenvalue weighted by Crippen LogP contribution is 2.14. The molecule has 1 amide bonds. The molecule has 4 nitrogen and oxygen atoms in total. The normalized spacial score (nSPS) is 9.67. The van der Waals surface area contributed by atoms with Crippen LogP contribution in [0.4, 0.5) is 4.79 Å². The first kappa shape index (κ1) is 12.0. The van der Waals surface area contributed by atoms with Gasteiger partial charge in [0.1, 0.15) is 6.29 Å². The minimum absolute atomic E-state index is 0.381. The average molecular weight is 319 g/mol. The SMILES string of the molecule is O=Cc1ccc(CCNC(=O)O)c(I)c1. The lowest BCUT2D eigenvalue weighted by Gasteiger charge is -2.04. The molecule has 0 aromatic heterocycles. The van der Waals surface area contributed by atoms with Gasteiger partial charge in [0.25, 0.3) is 0 Å². The van der Waals surface area contributed by atoms with Gasteiger partial charge in [-0.15, -0.1) is 0 Å². The molecule has 0 atom stereocenters. The molecular weight excluding hydrogens is 309 g/mol. The van der Waals surface area contributed by atoms with Crippen LogP contribution in [0, 0.1) is 3.57 Å². The Labute approximate surface area is 101 Å². The van der Waals surface area contributed by atoms with Crippen molar-refractivity contribution in [1.29, 1.82) is 0 Å². The van der Waals surface area contributed by atoms with E-state index in [4.69, 9.17) is 5.11 Å². The third-order valence-corrected chi connectivity index (χ3v) is 2.89. The van der Waals surface area contributed by atoms with E-state index in [2.05, 4.69) is 27.9 Å². The summed E-state index contributed by atoms with van der Waals surface area (Å²) in [6.45, 7) is 0.381. The Balaban J connectivity index is 2.62. The summed E-state index contributed by atoms with van der Waals surface area (Å²) in [5.74, 6) is 0. The Hall–Kier alpha value is -1.11. The van der Waals surface area contributed by atoms with Crippen molar-refractivity contribution < 1.29 is 14.7 Å². The lowest BCUT2D eigenvalue weighted by atomic mass is 10.1. The Kier molecular flexibility index (Phi) is 4.54. The molecule has 0 saturated heterocycles. The van der Waals surface area contributed by atoms with Crippen LogP contribution in [0.25, 0.3) is 0 Å². The first-order chi connectivity index (χ1) is 7.13. The third kappa shape index (κ3) is 3.86. The summed E-state index contributed by atoms with van der Waals surface area (Å²) in [5, 5.41) is 10.7. The number of halogens is 1. The van der Waals surface area contributed by atoms with Gasteiger partial charge in [-0.25, -0.2) is 4.79 Å². The first-order valence-corrected chi connectivity index (χ1v) is 5.41. The van der Waals surface area contributed by atoms with Crippen LogP contribution in [-0.2, 0) is 6.42 Å². The van der Waals surface area contributed by atoms with Crippen molar-refractivity contribution in [1.82, 2.24) is 5.32 Å². The van der Waals surface area contributed by atoms with E-state index < -0.39 is 6.09 Å². The maximum absolute atomic E-state index is 10.5. The summed E-state index contributed by atoms with van der Waals surface area (Å²) in [4.78, 5) is 20.7. The molecule has 0 saturated carbocycles. The fraction of sp³-hybridized carbons (Fsp3) is 0.200. The second kappa shape index (κ2) is 5.69. The number of rotatable bonds is 4. The van der Waals surface area contributed by atoms with E-state index in [0.717, 1.165) is 15.4 Å². The molecular formula is C10H10INO3. The van der Waals surface area contributed by atoms with Crippen molar-refractivity contribution in [2.45, 2.75) is 6.42 Å². The molecule has 2 N–H and O–H groups in total. The Morgan fingerprint density at radius 2 is 2.27 bits per heavy atom. The summed E-state index contributed by atoms with van der Waals surface area (Å²) in [6, 6.07) is 5.35. The second-order valence-electron chi connectivity index (χ2n) is 2.95. The third-order valence-electron chi connectivity index (χ3n) is 1.88. The average Bonchev–Trinajstić information content (AvgIpc) is 2.20. The molecule has 15 heavy (non-hydrogen) atoms. The molecule has 0 heterocycles. The lowest BCUT2D eigenvalue weighted by molar-refractivity contribution is 0.112. The number of nitrogens with one attached hydrogen (secondary N) is 1. The van der Waals surface area contributed by atoms with Crippen LogP contribution < -0.4 is 5.32 Å². The molecule has 1 rings (SSSR count). The number of carbonyl (C=O) groups excluding carboxylic acids is 1. The van der Waals surface area contributed by atoms with Gasteiger partial charge in [-0.1, -0.05) is 12.1 Å². The van der Waals surface area contributed by atoms with E-state index in [0.29, 0.717) is 18.5 Å². The molecule has 80 valence electrons. The van der Waals surface area contributed by atoms with Crippen LogP contribution in [0.5, 0.6) is 0 Å². The maximum atomic E-state index is 10.5. The zero-order chi connectivity index (χ0) is 11.3. The highest BCUT2D eigenvalue weighted by atomic mass is 127. The summed E-state index contributed by atoms with van der Waals surface area (Å²) in [7, 11) is 0. The smallest absolute Gasteiger partial charge is 0.404 e. The number of hydrogen-bond donors (Lipinski definition) is 2. The number of amides is 1. The summed E-state index contributed by atoms with van der Waals surface area (Å²) in [6.07, 6.45) is 0.403. The van der Waals surface area contributed by atoms with E-state index in [1.54, 1.807) is 12.1 Å². The van der Waals surface area contributed by atoms with Crippen molar-refractivity contribution >= 4 is 35.0 Å². The van der Waals surface area contributed by atoms with E-state index in [9.17, 15) is 9.59 Å². The van der Waals surface area contributed by atoms with Crippen LogP contribution >= 0.6 is 22.6 Å². The van der Waals surface area contributed by atoms with Gasteiger partial charge in [0.15, 0.2) is 0 Å². The highest BCUT2D eigenvalue weighted by Gasteiger charge is 2.02. The van der Waals surface area contributed by atoms with Gasteiger partial charge in [-0.3, -0.25) is 4.79 Å². The van der Waals surface area contributed by atoms with Crippen molar-refractivity contribution in [2.75, 3.05) is 6.54 Å². The summed E-state index contributed by atoms with van der Waals surface area (Å²) in [5.41, 5.74) is 1.67. The predicted molar refractivity (Wildman–Crippen MR) is 64.3 cm³/mol. The van der Waals surface area contributed by atoms with Crippen LogP contribution in [0.15, 0.2) is 18.2 Å². The topological polar surface area (TPSA) is 66.4 Å². The van der Waals surface area contributed by atoms with Gasteiger partial charge < -0.3 is 10.4 Å². The van der Waals surface area contributed by atoms with Gasteiger partial charge in [-0.05, 0) is 40.6 Å². The molecule has 0 fully saturated rings. The van der Waals surface area contributed by atoms with Crippen LogP contribution in [-0.4, -0.2) is 24.0 Å². The van der Waals surface area contributed by atoms with Crippen molar-refractivity contribution in [3.8, 4) is 0 Å². The maximum Gasteiger partial charge on any atom is 0.404 e. The summed E-state index contributed by atoms with van der Waals surface area (Å²) < 4.78 is 0.976. The fourth-order valence-corrected chi connectivity index (χ4v) is 1.95. The lowest BCUT2D eigenvalue weighted by Crippen LogP contribution is -2.23. The molecule has 5 heteroatoms. The Morgan fingerprint density at radius 3 is 2.80 bits per heavy atom. The largest absolute Gasteiger partial charge is 0.465 e. The van der Waals surface area contributed by atoms with E-state index >= 15 is 0 Å². The van der Waals surface area contributed by atoms with Gasteiger partial charge >= 0.3 is 6.09 Å². The predicted octanol–water partition coefficient (Wildman–Crippen LogP) is 1.91. The molecule has 0 spiro atoms. The first-order valence-electron chi connectivity index (χ1n) is 4.34. The van der Waals surface area contributed by atoms with Crippen molar-refractivity contribution in [3.05, 3.63) is 32.9 Å². The molecule has 0 bridgehead atoms. The monoisotopic (exact) mass is 319 g/mol. The van der Waals surface area contributed by atoms with Gasteiger partial charge in [0.05, 0.1) is 0 Å². The number of carbonyl (C=O) groups is 2. The van der Waals surface area contributed by atoms with Crippen LogP contribution in [0.1, 0.15) is 15.9 Å². The molecule has 0 unspecified atom stereocenters. The minimum Gasteiger partial charge on any atom is -0.465 e. The molecule has 0 radical (unpaired) electrons. The number of carboxylic acid groups (broad SMARTS) is 1. The Morgan fingerprint density at radius 1 is 1.53 bits per heavy atom. The highest BCUT2D eigenvalue weighted by molar-refractivity contribution is 14.1. The fourth-order valence-electron chi connectivity index (χ4n) is 1.14. The zero-order valence-electron chi connectivity index (χ0n) is 7.87. The Bertz CT molecular complexity index is 379. The van der Waals surface area contributed by atoms with E-state index in [1.165, 1.54) is 0 Å². The van der Waals surface area contributed by atoms with E-state index in [1.807, 2.05) is 6.07 Å². The molecule has 0 aliphatic rings. The van der Waals surface area contributed by atoms with E-state index in [-0.39, 0.29) is 0 Å². The van der Waals surface area contributed by atoms with Crippen LogP contribution in [0.3, 0.4) is 0 Å². The number of aldehydes is 1. The quantitative estimate of drug-likeness (QED) is 0.658. The minimum atomic E-state index is -1.02. The molecule has 1 aromatic rings. The molecule has 1 aromatic carbocycles. The van der Waals surface area contributed by atoms with Crippen molar-refractivity contribution in [2.24, 2.45) is 0 Å². The van der Waals surface area contributed by atoms with Crippen molar-refractivity contribution in [3.63, 3.8) is 0 Å². The summed E-state index contributed by atoms with van der Waals surface area (Å²) >= 11 is 2.13. The number of benzene rings is 1. The standard InChI is InChI=1S/C10H10INO3/c11-9-5-7(6-13)1-2-8(9)3-4-12-10(14)15/h1-2,5-6,12H,3-4H2,(H,14,15). The number of hydrogen-bond acceptors (Lipinski definition) is 2. The van der Waals surface area contributed by atoms with Gasteiger partial charge in [0, 0.05) is 15.7 Å². The molecule has 0 aliphatic heterocycles. The molecule has 0 aliphatic carbocycles. The van der Waals surface area contributed by atoms with Gasteiger partial charge in [-0.2, -0.15) is 0 Å². The van der Waals surface area contributed by atoms with Gasteiger partial charge in [0.2, 0.25) is 0 Å². The van der Waals surface area contributed by atoms with Crippen LogP contribution in [0.2, 0.25) is 0 Å². The second-order valence-corrected chi connectivity index (χ2v) is 4.11. The zero-order valence-corrected chi connectivity index (χ0v) is 10.0.